The fourth-order valence-corrected chi connectivity index (χ4v) is 3.48. The van der Waals surface area contributed by atoms with E-state index >= 15 is 0 Å². The van der Waals surface area contributed by atoms with Gasteiger partial charge in [-0.25, -0.2) is 9.37 Å². The van der Waals surface area contributed by atoms with Gasteiger partial charge < -0.3 is 9.52 Å². The molecule has 0 amide bonds. The van der Waals surface area contributed by atoms with Crippen molar-refractivity contribution in [1.82, 2.24) is 14.8 Å². The van der Waals surface area contributed by atoms with Crippen LogP contribution in [0.15, 0.2) is 34.9 Å². The quantitative estimate of drug-likeness (QED) is 0.818. The van der Waals surface area contributed by atoms with E-state index in [4.69, 9.17) is 9.52 Å². The minimum atomic E-state index is -0.783. The summed E-state index contributed by atoms with van der Waals surface area (Å²) in [6, 6.07) is 6.78. The van der Waals surface area contributed by atoms with Gasteiger partial charge in [-0.3, -0.25) is 14.6 Å². The van der Waals surface area contributed by atoms with Gasteiger partial charge in [0.1, 0.15) is 5.82 Å². The molecule has 140 valence electrons. The van der Waals surface area contributed by atoms with Gasteiger partial charge in [-0.1, -0.05) is 19.1 Å². The highest BCUT2D eigenvalue weighted by Crippen LogP contribution is 2.24. The summed E-state index contributed by atoms with van der Waals surface area (Å²) in [5.74, 6) is -0.102. The highest BCUT2D eigenvalue weighted by molar-refractivity contribution is 5.69. The summed E-state index contributed by atoms with van der Waals surface area (Å²) in [7, 11) is 0. The van der Waals surface area contributed by atoms with Gasteiger partial charge in [0.25, 0.3) is 0 Å². The van der Waals surface area contributed by atoms with Gasteiger partial charge in [0.2, 0.25) is 5.89 Å². The molecule has 1 fully saturated rings. The summed E-state index contributed by atoms with van der Waals surface area (Å²) >= 11 is 0. The van der Waals surface area contributed by atoms with E-state index in [1.807, 2.05) is 11.8 Å². The average molecular weight is 361 g/mol. The number of hydrogen-bond donors (Lipinski definition) is 1. The number of carboxylic acid groups (broad SMARTS) is 1. The highest BCUT2D eigenvalue weighted by atomic mass is 19.1. The van der Waals surface area contributed by atoms with E-state index in [1.54, 1.807) is 24.4 Å². The number of piperidine rings is 1. The molecule has 1 aromatic carbocycles. The minimum Gasteiger partial charge on any atom is -0.480 e. The lowest BCUT2D eigenvalue weighted by Crippen LogP contribution is -2.46. The molecule has 3 rings (SSSR count). The van der Waals surface area contributed by atoms with Crippen LogP contribution in [-0.4, -0.2) is 58.1 Å². The van der Waals surface area contributed by atoms with Crippen LogP contribution < -0.4 is 0 Å². The van der Waals surface area contributed by atoms with Crippen LogP contribution in [0.25, 0.3) is 11.3 Å². The standard InChI is InChI=1S/C19H24FN3O3/c1-2-23(13-19(24)25)14-7-9-22(10-8-14)12-18-21-11-17(26-18)15-5-3-4-6-16(15)20/h3-6,11,14H,2,7-10,12-13H2,1H3,(H,24,25). The zero-order valence-corrected chi connectivity index (χ0v) is 14.9. The van der Waals surface area contributed by atoms with Crippen LogP contribution in [0.2, 0.25) is 0 Å². The monoisotopic (exact) mass is 361 g/mol. The Hall–Kier alpha value is -2.25. The van der Waals surface area contributed by atoms with Gasteiger partial charge in [0.15, 0.2) is 5.76 Å². The lowest BCUT2D eigenvalue weighted by Gasteiger charge is -2.36. The molecule has 1 saturated heterocycles. The molecule has 2 heterocycles. The smallest absolute Gasteiger partial charge is 0.317 e. The van der Waals surface area contributed by atoms with Crippen molar-refractivity contribution < 1.29 is 18.7 Å². The number of rotatable bonds is 7. The van der Waals surface area contributed by atoms with Gasteiger partial charge in [0.05, 0.1) is 24.8 Å². The maximum atomic E-state index is 13.8. The maximum Gasteiger partial charge on any atom is 0.317 e. The largest absolute Gasteiger partial charge is 0.480 e. The van der Waals surface area contributed by atoms with Crippen LogP contribution in [-0.2, 0) is 11.3 Å². The number of halogens is 1. The number of aromatic nitrogens is 1. The molecule has 0 saturated carbocycles. The molecule has 6 nitrogen and oxygen atoms in total. The molecule has 1 aromatic heterocycles. The van der Waals surface area contributed by atoms with Crippen molar-refractivity contribution in [3.8, 4) is 11.3 Å². The van der Waals surface area contributed by atoms with Crippen LogP contribution in [0, 0.1) is 5.82 Å². The zero-order chi connectivity index (χ0) is 18.5. The van der Waals surface area contributed by atoms with Crippen molar-refractivity contribution in [2.75, 3.05) is 26.2 Å². The van der Waals surface area contributed by atoms with Crippen molar-refractivity contribution in [3.05, 3.63) is 42.2 Å². The minimum absolute atomic E-state index is 0.0902. The molecular formula is C19H24FN3O3. The Labute approximate surface area is 152 Å². The summed E-state index contributed by atoms with van der Waals surface area (Å²) < 4.78 is 19.6. The van der Waals surface area contributed by atoms with E-state index in [2.05, 4.69) is 9.88 Å². The average Bonchev–Trinajstić information content (AvgIpc) is 3.09. The third-order valence-electron chi connectivity index (χ3n) is 4.87. The Morgan fingerprint density at radius 2 is 2.12 bits per heavy atom. The van der Waals surface area contributed by atoms with Gasteiger partial charge in [-0.05, 0) is 31.5 Å². The Morgan fingerprint density at radius 3 is 2.77 bits per heavy atom. The maximum absolute atomic E-state index is 13.8. The summed E-state index contributed by atoms with van der Waals surface area (Å²) in [6.07, 6.45) is 3.40. The fraction of sp³-hybridized carbons (Fsp3) is 0.474. The number of carboxylic acids is 1. The Bertz CT molecular complexity index is 741. The van der Waals surface area contributed by atoms with Crippen molar-refractivity contribution in [2.24, 2.45) is 0 Å². The van der Waals surface area contributed by atoms with E-state index in [1.165, 1.54) is 6.07 Å². The summed E-state index contributed by atoms with van der Waals surface area (Å²) in [6.45, 7) is 5.12. The van der Waals surface area contributed by atoms with Crippen molar-refractivity contribution >= 4 is 5.97 Å². The molecule has 1 aliphatic rings. The first kappa shape index (κ1) is 18.5. The number of oxazole rings is 1. The molecule has 0 bridgehead atoms. The van der Waals surface area contributed by atoms with Gasteiger partial charge in [-0.15, -0.1) is 0 Å². The van der Waals surface area contributed by atoms with Crippen molar-refractivity contribution in [2.45, 2.75) is 32.4 Å². The Morgan fingerprint density at radius 1 is 1.38 bits per heavy atom. The van der Waals surface area contributed by atoms with Crippen LogP contribution in [0.1, 0.15) is 25.7 Å². The normalized spacial score (nSPS) is 16.3. The van der Waals surface area contributed by atoms with E-state index in [-0.39, 0.29) is 12.4 Å². The van der Waals surface area contributed by atoms with Crippen molar-refractivity contribution in [1.29, 1.82) is 0 Å². The van der Waals surface area contributed by atoms with E-state index < -0.39 is 5.97 Å². The van der Waals surface area contributed by atoms with Crippen LogP contribution in [0.4, 0.5) is 4.39 Å². The summed E-state index contributed by atoms with van der Waals surface area (Å²) in [4.78, 5) is 19.5. The number of aliphatic carboxylic acids is 1. The highest BCUT2D eigenvalue weighted by Gasteiger charge is 2.25. The second-order valence-electron chi connectivity index (χ2n) is 6.56. The second-order valence-corrected chi connectivity index (χ2v) is 6.56. The third kappa shape index (κ3) is 4.47. The predicted octanol–water partition coefficient (Wildman–Crippen LogP) is 2.85. The molecule has 0 radical (unpaired) electrons. The van der Waals surface area contributed by atoms with Gasteiger partial charge >= 0.3 is 5.97 Å². The predicted molar refractivity (Wildman–Crippen MR) is 95.1 cm³/mol. The number of carbonyl (C=O) groups is 1. The molecule has 0 unspecified atom stereocenters. The first-order valence-electron chi connectivity index (χ1n) is 8.94. The first-order valence-corrected chi connectivity index (χ1v) is 8.94. The summed E-state index contributed by atoms with van der Waals surface area (Å²) in [5.41, 5.74) is 0.414. The summed E-state index contributed by atoms with van der Waals surface area (Å²) in [5, 5.41) is 9.01. The van der Waals surface area contributed by atoms with Crippen molar-refractivity contribution in [3.63, 3.8) is 0 Å². The number of likely N-dealkylation sites (tertiary alicyclic amines) is 1. The van der Waals surface area contributed by atoms with Gasteiger partial charge in [-0.2, -0.15) is 0 Å². The molecule has 0 spiro atoms. The zero-order valence-electron chi connectivity index (χ0n) is 14.9. The lowest BCUT2D eigenvalue weighted by atomic mass is 10.0. The molecular weight excluding hydrogens is 337 g/mol. The molecule has 0 atom stereocenters. The molecule has 0 aliphatic carbocycles. The van der Waals surface area contributed by atoms with Crippen LogP contribution in [0.5, 0.6) is 0 Å². The molecule has 2 aromatic rings. The molecule has 26 heavy (non-hydrogen) atoms. The van der Waals surface area contributed by atoms with Crippen LogP contribution in [0.3, 0.4) is 0 Å². The molecule has 1 aliphatic heterocycles. The molecule has 1 N–H and O–H groups in total. The number of benzene rings is 1. The third-order valence-corrected chi connectivity index (χ3v) is 4.87. The topological polar surface area (TPSA) is 69.8 Å². The van der Waals surface area contributed by atoms with E-state index in [0.29, 0.717) is 29.8 Å². The first-order chi connectivity index (χ1) is 12.6. The SMILES string of the molecule is CCN(CC(=O)O)C1CCN(Cc2ncc(-c3ccccc3F)o2)CC1. The Balaban J connectivity index is 1.55. The fourth-order valence-electron chi connectivity index (χ4n) is 3.48. The second kappa shape index (κ2) is 8.42. The van der Waals surface area contributed by atoms with E-state index in [9.17, 15) is 9.18 Å². The Kier molecular flexibility index (Phi) is 6.00. The van der Waals surface area contributed by atoms with Crippen LogP contribution >= 0.6 is 0 Å². The number of nitrogens with zero attached hydrogens (tertiary/aromatic N) is 3. The number of hydrogen-bond acceptors (Lipinski definition) is 5. The van der Waals surface area contributed by atoms with Gasteiger partial charge in [0, 0.05) is 19.1 Å². The van der Waals surface area contributed by atoms with E-state index in [0.717, 1.165) is 32.5 Å². The lowest BCUT2D eigenvalue weighted by molar-refractivity contribution is -0.139. The number of likely N-dealkylation sites (N-methyl/N-ethyl adjacent to an activating group) is 1. The molecule has 7 heteroatoms.